The molecule has 6 rings (SSSR count). The predicted molar refractivity (Wildman–Crippen MR) is 157 cm³/mol. The molecule has 8 nitrogen and oxygen atoms in total. The van der Waals surface area contributed by atoms with Gasteiger partial charge < -0.3 is 9.47 Å². The average molecular weight is 561 g/mol. The van der Waals surface area contributed by atoms with Gasteiger partial charge in [0.25, 0.3) is 0 Å². The van der Waals surface area contributed by atoms with Crippen molar-refractivity contribution >= 4 is 40.2 Å². The number of allylic oxidation sites excluding steroid dienone is 2. The molecule has 42 heavy (non-hydrogen) atoms. The summed E-state index contributed by atoms with van der Waals surface area (Å²) in [6, 6.07) is 22.5. The Morgan fingerprint density at radius 2 is 1.74 bits per heavy atom. The molecule has 0 N–H and O–H groups in total. The zero-order valence-electron chi connectivity index (χ0n) is 23.2. The third-order valence-electron chi connectivity index (χ3n) is 7.96. The summed E-state index contributed by atoms with van der Waals surface area (Å²) in [5.41, 5.74) is 2.94. The SMILES string of the molecule is COc1cccc(C(=O)COC(=O)c2cc(-c3ccc(N4C(=O)C5CC=CC(C)C5C4=O)cc3)nc3ccccc23)c1. The van der Waals surface area contributed by atoms with Crippen molar-refractivity contribution in [1.82, 2.24) is 4.98 Å². The van der Waals surface area contributed by atoms with Crippen LogP contribution in [0.3, 0.4) is 0 Å². The highest BCUT2D eigenvalue weighted by Crippen LogP contribution is 2.40. The van der Waals surface area contributed by atoms with E-state index in [9.17, 15) is 19.2 Å². The van der Waals surface area contributed by atoms with Gasteiger partial charge in [-0.05, 0) is 48.7 Å². The van der Waals surface area contributed by atoms with E-state index in [4.69, 9.17) is 14.5 Å². The molecule has 8 heteroatoms. The van der Waals surface area contributed by atoms with Gasteiger partial charge in [-0.25, -0.2) is 9.78 Å². The number of ketones is 1. The Morgan fingerprint density at radius 3 is 2.50 bits per heavy atom. The molecule has 1 aromatic heterocycles. The van der Waals surface area contributed by atoms with E-state index in [0.717, 1.165) is 0 Å². The summed E-state index contributed by atoms with van der Waals surface area (Å²) in [4.78, 5) is 58.3. The van der Waals surface area contributed by atoms with Gasteiger partial charge in [0.05, 0.1) is 41.4 Å². The number of nitrogens with zero attached hydrogens (tertiary/aromatic N) is 2. The molecule has 1 saturated heterocycles. The monoisotopic (exact) mass is 560 g/mol. The Kier molecular flexibility index (Phi) is 7.12. The molecule has 2 aliphatic rings. The van der Waals surface area contributed by atoms with Crippen molar-refractivity contribution in [3.8, 4) is 17.0 Å². The van der Waals surface area contributed by atoms with Gasteiger partial charge in [-0.3, -0.25) is 19.3 Å². The van der Waals surface area contributed by atoms with Crippen molar-refractivity contribution in [3.63, 3.8) is 0 Å². The fourth-order valence-corrected chi connectivity index (χ4v) is 5.76. The number of anilines is 1. The molecule has 1 aliphatic carbocycles. The van der Waals surface area contributed by atoms with E-state index >= 15 is 0 Å². The smallest absolute Gasteiger partial charge is 0.339 e. The van der Waals surface area contributed by atoms with Gasteiger partial charge in [0.2, 0.25) is 11.8 Å². The summed E-state index contributed by atoms with van der Waals surface area (Å²) in [7, 11) is 1.51. The number of imide groups is 1. The lowest BCUT2D eigenvalue weighted by Crippen LogP contribution is -2.31. The molecule has 0 radical (unpaired) electrons. The first kappa shape index (κ1) is 27.1. The molecule has 0 spiro atoms. The molecule has 2 amide bonds. The molecule has 3 aromatic carbocycles. The molecule has 2 heterocycles. The zero-order valence-corrected chi connectivity index (χ0v) is 23.2. The van der Waals surface area contributed by atoms with Gasteiger partial charge in [0, 0.05) is 16.5 Å². The lowest BCUT2D eigenvalue weighted by molar-refractivity contribution is -0.122. The first-order chi connectivity index (χ1) is 20.4. The van der Waals surface area contributed by atoms with Crippen molar-refractivity contribution in [1.29, 1.82) is 0 Å². The van der Waals surface area contributed by atoms with Gasteiger partial charge >= 0.3 is 5.97 Å². The standard InChI is InChI=1S/C34H28N2O6/c1-20-7-5-11-26-31(20)33(39)36(32(26)38)23-15-13-21(14-16-23)29-18-27(25-10-3-4-12-28(25)35-29)34(40)42-19-30(37)22-8-6-9-24(17-22)41-2/h3-10,12-18,20,26,31H,11,19H2,1-2H3. The second-order valence-electron chi connectivity index (χ2n) is 10.5. The molecule has 1 aliphatic heterocycles. The van der Waals surface area contributed by atoms with Crippen LogP contribution >= 0.6 is 0 Å². The van der Waals surface area contributed by atoms with E-state index in [1.807, 2.05) is 25.1 Å². The van der Waals surface area contributed by atoms with E-state index in [0.29, 0.717) is 45.6 Å². The number of carbonyl (C=O) groups is 4. The fraction of sp³-hybridized carbons (Fsp3) is 0.206. The maximum atomic E-state index is 13.2. The van der Waals surface area contributed by atoms with Crippen molar-refractivity contribution in [2.45, 2.75) is 13.3 Å². The van der Waals surface area contributed by atoms with Crippen LogP contribution in [0.4, 0.5) is 5.69 Å². The van der Waals surface area contributed by atoms with Crippen molar-refractivity contribution in [3.05, 3.63) is 102 Å². The van der Waals surface area contributed by atoms with Crippen molar-refractivity contribution in [2.75, 3.05) is 18.6 Å². The number of fused-ring (bicyclic) bond motifs is 2. The van der Waals surface area contributed by atoms with Gasteiger partial charge in [-0.1, -0.05) is 61.5 Å². The average Bonchev–Trinajstić information content (AvgIpc) is 3.29. The number of pyridine rings is 1. The lowest BCUT2D eigenvalue weighted by atomic mass is 9.78. The number of aromatic nitrogens is 1. The largest absolute Gasteiger partial charge is 0.497 e. The first-order valence-electron chi connectivity index (χ1n) is 13.7. The van der Waals surface area contributed by atoms with Gasteiger partial charge in [0.15, 0.2) is 12.4 Å². The predicted octanol–water partition coefficient (Wildman–Crippen LogP) is 5.65. The van der Waals surface area contributed by atoms with Gasteiger partial charge in [-0.2, -0.15) is 0 Å². The summed E-state index contributed by atoms with van der Waals surface area (Å²) in [6.45, 7) is 1.54. The number of hydrogen-bond donors (Lipinski definition) is 0. The number of carbonyl (C=O) groups excluding carboxylic acids is 4. The van der Waals surface area contributed by atoms with E-state index in [-0.39, 0.29) is 40.9 Å². The number of benzene rings is 3. The number of hydrogen-bond acceptors (Lipinski definition) is 7. The highest BCUT2D eigenvalue weighted by atomic mass is 16.5. The molecule has 3 atom stereocenters. The minimum atomic E-state index is -0.652. The Hall–Kier alpha value is -5.11. The molecule has 3 unspecified atom stereocenters. The zero-order chi connectivity index (χ0) is 29.4. The van der Waals surface area contributed by atoms with Crippen LogP contribution in [0.15, 0.2) is 91.0 Å². The Morgan fingerprint density at radius 1 is 0.952 bits per heavy atom. The minimum Gasteiger partial charge on any atom is -0.497 e. The van der Waals surface area contributed by atoms with Crippen molar-refractivity contribution < 1.29 is 28.7 Å². The molecule has 0 bridgehead atoms. The van der Waals surface area contributed by atoms with Crippen LogP contribution in [0, 0.1) is 17.8 Å². The Bertz CT molecular complexity index is 1760. The van der Waals surface area contributed by atoms with Crippen molar-refractivity contribution in [2.24, 2.45) is 17.8 Å². The van der Waals surface area contributed by atoms with Crippen LogP contribution in [0.25, 0.3) is 22.2 Å². The highest BCUT2D eigenvalue weighted by molar-refractivity contribution is 6.22. The molecule has 0 saturated carbocycles. The summed E-state index contributed by atoms with van der Waals surface area (Å²) < 4.78 is 10.6. The van der Waals surface area contributed by atoms with E-state index in [2.05, 4.69) is 0 Å². The number of methoxy groups -OCH3 is 1. The summed E-state index contributed by atoms with van der Waals surface area (Å²) in [5, 5.41) is 0.593. The summed E-state index contributed by atoms with van der Waals surface area (Å²) >= 11 is 0. The number of esters is 1. The van der Waals surface area contributed by atoms with E-state index < -0.39 is 12.6 Å². The molecule has 4 aromatic rings. The van der Waals surface area contributed by atoms with Crippen LogP contribution in [-0.2, 0) is 14.3 Å². The lowest BCUT2D eigenvalue weighted by Gasteiger charge is -2.22. The number of rotatable bonds is 7. The van der Waals surface area contributed by atoms with Gasteiger partial charge in [0.1, 0.15) is 5.75 Å². The molecule has 1 fully saturated rings. The number of para-hydroxylation sites is 1. The number of amides is 2. The third kappa shape index (κ3) is 4.85. The topological polar surface area (TPSA) is 103 Å². The van der Waals surface area contributed by atoms with Gasteiger partial charge in [-0.15, -0.1) is 0 Å². The van der Waals surface area contributed by atoms with E-state index in [1.165, 1.54) is 12.0 Å². The van der Waals surface area contributed by atoms with Crippen LogP contribution < -0.4 is 9.64 Å². The number of Topliss-reactive ketones (excluding diaryl/α,β-unsaturated/α-hetero) is 1. The van der Waals surface area contributed by atoms with Crippen LogP contribution in [0.5, 0.6) is 5.75 Å². The minimum absolute atomic E-state index is 0.00951. The van der Waals surface area contributed by atoms with E-state index in [1.54, 1.807) is 72.8 Å². The normalized spacial score (nSPS) is 19.6. The Balaban J connectivity index is 1.25. The summed E-state index contributed by atoms with van der Waals surface area (Å²) in [5.74, 6) is -1.48. The summed E-state index contributed by atoms with van der Waals surface area (Å²) in [6.07, 6.45) is 4.55. The molecular formula is C34H28N2O6. The maximum absolute atomic E-state index is 13.2. The molecular weight excluding hydrogens is 532 g/mol. The van der Waals surface area contributed by atoms with Crippen LogP contribution in [0.1, 0.15) is 34.1 Å². The second-order valence-corrected chi connectivity index (χ2v) is 10.5. The maximum Gasteiger partial charge on any atom is 0.339 e. The Labute approximate surface area is 242 Å². The second kappa shape index (κ2) is 11.0. The fourth-order valence-electron chi connectivity index (χ4n) is 5.76. The molecule has 210 valence electrons. The first-order valence-corrected chi connectivity index (χ1v) is 13.7. The quantitative estimate of drug-likeness (QED) is 0.125. The third-order valence-corrected chi connectivity index (χ3v) is 7.96. The highest BCUT2D eigenvalue weighted by Gasteiger charge is 2.50. The number of ether oxygens (including phenoxy) is 2. The van der Waals surface area contributed by atoms with Crippen LogP contribution in [-0.4, -0.2) is 42.3 Å². The van der Waals surface area contributed by atoms with Crippen LogP contribution in [0.2, 0.25) is 0 Å².